The molecule has 0 aliphatic heterocycles. The first kappa shape index (κ1) is 36.3. The topological polar surface area (TPSA) is 149 Å². The number of rotatable bonds is 5. The molecule has 164 valence electrons. The minimum absolute atomic E-state index is 0.176. The summed E-state index contributed by atoms with van der Waals surface area (Å²) in [4.78, 5) is 38.4. The van der Waals surface area contributed by atoms with Crippen molar-refractivity contribution in [3.8, 4) is 0 Å². The van der Waals surface area contributed by atoms with Crippen LogP contribution in [0.15, 0.2) is 73.4 Å². The van der Waals surface area contributed by atoms with Crippen molar-refractivity contribution in [1.29, 1.82) is 0 Å². The fraction of sp³-hybridized carbons (Fsp3) is 0.238. The second-order valence-corrected chi connectivity index (χ2v) is 5.39. The van der Waals surface area contributed by atoms with Crippen LogP contribution in [0, 0.1) is 0 Å². The molecule has 8 heteroatoms. The Morgan fingerprint density at radius 2 is 0.586 bits per heavy atom. The lowest BCUT2D eigenvalue weighted by Gasteiger charge is -1.79. The van der Waals surface area contributed by atoms with E-state index in [1.807, 2.05) is 6.92 Å². The molecular formula is C21H32O8. The van der Waals surface area contributed by atoms with Crippen LogP contribution >= 0.6 is 0 Å². The maximum atomic E-state index is 9.60. The summed E-state index contributed by atoms with van der Waals surface area (Å²) in [6, 6.07) is 0. The minimum atomic E-state index is -0.935. The van der Waals surface area contributed by atoms with Gasteiger partial charge in [-0.1, -0.05) is 51.1 Å². The van der Waals surface area contributed by atoms with Gasteiger partial charge >= 0.3 is 23.9 Å². The van der Waals surface area contributed by atoms with E-state index in [-0.39, 0.29) is 22.3 Å². The summed E-state index contributed by atoms with van der Waals surface area (Å²) in [5.41, 5.74) is 1.72. The fourth-order valence-electron chi connectivity index (χ4n) is 0. The Balaban J connectivity index is -0.0000000829. The zero-order valence-corrected chi connectivity index (χ0v) is 17.7. The van der Waals surface area contributed by atoms with E-state index >= 15 is 0 Å². The van der Waals surface area contributed by atoms with E-state index in [1.165, 1.54) is 27.7 Å². The van der Waals surface area contributed by atoms with Crippen molar-refractivity contribution >= 4 is 23.9 Å². The second-order valence-electron chi connectivity index (χ2n) is 5.39. The number of aliphatic carboxylic acids is 4. The van der Waals surface area contributed by atoms with Gasteiger partial charge in [-0.15, -0.1) is 0 Å². The summed E-state index contributed by atoms with van der Waals surface area (Å²) in [5, 5.41) is 31.6. The Kier molecular flexibility index (Phi) is 28.0. The van der Waals surface area contributed by atoms with Gasteiger partial charge in [-0.2, -0.15) is 0 Å². The van der Waals surface area contributed by atoms with Gasteiger partial charge in [0.15, 0.2) is 0 Å². The second kappa shape index (κ2) is 22.4. The van der Waals surface area contributed by atoms with Crippen molar-refractivity contribution < 1.29 is 39.6 Å². The van der Waals surface area contributed by atoms with E-state index < -0.39 is 23.9 Å². The Bertz CT molecular complexity index is 508. The monoisotopic (exact) mass is 412 g/mol. The molecule has 0 aliphatic carbocycles. The van der Waals surface area contributed by atoms with Gasteiger partial charge in [-0.3, -0.25) is 0 Å². The predicted molar refractivity (Wildman–Crippen MR) is 115 cm³/mol. The summed E-state index contributed by atoms with van der Waals surface area (Å²) in [7, 11) is 0. The Labute approximate surface area is 172 Å². The van der Waals surface area contributed by atoms with Crippen LogP contribution in [-0.4, -0.2) is 44.3 Å². The average Bonchev–Trinajstić information content (AvgIpc) is 2.56. The van der Waals surface area contributed by atoms with E-state index in [9.17, 15) is 19.2 Å². The summed E-state index contributed by atoms with van der Waals surface area (Å²) in [5.74, 6) is -3.74. The lowest BCUT2D eigenvalue weighted by Crippen LogP contribution is -1.92. The molecule has 0 heterocycles. The van der Waals surface area contributed by atoms with Crippen molar-refractivity contribution in [3.05, 3.63) is 73.4 Å². The van der Waals surface area contributed by atoms with Gasteiger partial charge in [0.2, 0.25) is 0 Å². The first-order chi connectivity index (χ1) is 12.8. The molecule has 0 aromatic heterocycles. The molecule has 0 unspecified atom stereocenters. The van der Waals surface area contributed by atoms with Crippen LogP contribution in [-0.2, 0) is 19.2 Å². The molecule has 0 saturated carbocycles. The van der Waals surface area contributed by atoms with Crippen LogP contribution in [0.25, 0.3) is 0 Å². The number of carboxylic acid groups (broad SMARTS) is 4. The normalized spacial score (nSPS) is 7.34. The highest BCUT2D eigenvalue weighted by Gasteiger charge is 1.91. The van der Waals surface area contributed by atoms with E-state index in [0.717, 1.165) is 5.57 Å². The molecular weight excluding hydrogens is 380 g/mol. The lowest BCUT2D eigenvalue weighted by atomic mass is 10.4. The third-order valence-electron chi connectivity index (χ3n) is 1.81. The van der Waals surface area contributed by atoms with Gasteiger partial charge < -0.3 is 20.4 Å². The molecule has 0 fully saturated rings. The molecule has 8 nitrogen and oxygen atoms in total. The standard InChI is InChI=1S/C5H8.4C4H6O2/c1-4-5(2)3;4*1-3(2)4(5)6/h4H,1-2H2,3H3;4*1H2,2H3,(H,5,6). The highest BCUT2D eigenvalue weighted by Crippen LogP contribution is 1.82. The lowest BCUT2D eigenvalue weighted by molar-refractivity contribution is -0.133. The van der Waals surface area contributed by atoms with E-state index in [4.69, 9.17) is 20.4 Å². The van der Waals surface area contributed by atoms with Gasteiger partial charge in [0.25, 0.3) is 0 Å². The molecule has 4 N–H and O–H groups in total. The Morgan fingerprint density at radius 3 is 0.586 bits per heavy atom. The van der Waals surface area contributed by atoms with Crippen LogP contribution in [0.2, 0.25) is 0 Å². The molecule has 0 aromatic rings. The van der Waals surface area contributed by atoms with Crippen molar-refractivity contribution in [3.63, 3.8) is 0 Å². The maximum Gasteiger partial charge on any atom is 0.330 e. The van der Waals surface area contributed by atoms with Crippen LogP contribution in [0.5, 0.6) is 0 Å². The zero-order chi connectivity index (χ0) is 24.9. The first-order valence-electron chi connectivity index (χ1n) is 7.68. The van der Waals surface area contributed by atoms with Gasteiger partial charge in [-0.05, 0) is 34.6 Å². The predicted octanol–water partition coefficient (Wildman–Crippen LogP) is 4.34. The summed E-state index contributed by atoms with van der Waals surface area (Å²) >= 11 is 0. The van der Waals surface area contributed by atoms with E-state index in [0.29, 0.717) is 0 Å². The number of carboxylic acids is 4. The molecule has 0 spiro atoms. The highest BCUT2D eigenvalue weighted by molar-refractivity contribution is 5.85. The van der Waals surface area contributed by atoms with Gasteiger partial charge in [0.05, 0.1) is 0 Å². The summed E-state index contributed by atoms with van der Waals surface area (Å²) in [6.07, 6.45) is 1.72. The third kappa shape index (κ3) is 59.1. The molecule has 0 saturated heterocycles. The number of hydrogen-bond donors (Lipinski definition) is 4. The van der Waals surface area contributed by atoms with Crippen molar-refractivity contribution in [2.45, 2.75) is 34.6 Å². The van der Waals surface area contributed by atoms with Crippen LogP contribution in [0.1, 0.15) is 34.6 Å². The van der Waals surface area contributed by atoms with Crippen molar-refractivity contribution in [2.75, 3.05) is 0 Å². The molecule has 0 radical (unpaired) electrons. The van der Waals surface area contributed by atoms with Crippen molar-refractivity contribution in [1.82, 2.24) is 0 Å². The number of carbonyl (C=O) groups is 4. The molecule has 0 amide bonds. The maximum absolute atomic E-state index is 9.60. The number of allylic oxidation sites excluding steroid dienone is 2. The van der Waals surface area contributed by atoms with Gasteiger partial charge in [-0.25, -0.2) is 19.2 Å². The number of hydrogen-bond acceptors (Lipinski definition) is 4. The van der Waals surface area contributed by atoms with Gasteiger partial charge in [0, 0.05) is 22.3 Å². The molecule has 0 rings (SSSR count). The summed E-state index contributed by atoms with van der Waals surface area (Å²) < 4.78 is 0. The molecule has 0 bridgehead atoms. The first-order valence-corrected chi connectivity index (χ1v) is 7.68. The average molecular weight is 412 g/mol. The quantitative estimate of drug-likeness (QED) is 0.385. The SMILES string of the molecule is C=C(C)C(=O)O.C=C(C)C(=O)O.C=C(C)C(=O)O.C=C(C)C(=O)O.C=CC(=C)C. The highest BCUT2D eigenvalue weighted by atomic mass is 16.4. The van der Waals surface area contributed by atoms with E-state index in [2.05, 4.69) is 39.5 Å². The Hall–Kier alpha value is -3.68. The largest absolute Gasteiger partial charge is 0.478 e. The molecule has 0 aliphatic rings. The van der Waals surface area contributed by atoms with E-state index in [1.54, 1.807) is 6.08 Å². The smallest absolute Gasteiger partial charge is 0.330 e. The van der Waals surface area contributed by atoms with Crippen LogP contribution in [0.4, 0.5) is 0 Å². The summed E-state index contributed by atoms with van der Waals surface area (Å²) in [6.45, 7) is 27.3. The van der Waals surface area contributed by atoms with Gasteiger partial charge in [0.1, 0.15) is 0 Å². The Morgan fingerprint density at radius 1 is 0.517 bits per heavy atom. The zero-order valence-electron chi connectivity index (χ0n) is 17.7. The van der Waals surface area contributed by atoms with Crippen LogP contribution in [0.3, 0.4) is 0 Å². The minimum Gasteiger partial charge on any atom is -0.478 e. The molecule has 0 aromatic carbocycles. The third-order valence-corrected chi connectivity index (χ3v) is 1.81. The van der Waals surface area contributed by atoms with Crippen molar-refractivity contribution in [2.24, 2.45) is 0 Å². The molecule has 29 heavy (non-hydrogen) atoms. The van der Waals surface area contributed by atoms with Crippen LogP contribution < -0.4 is 0 Å². The fourth-order valence-corrected chi connectivity index (χ4v) is 0. The molecule has 0 atom stereocenters.